The fourth-order valence-corrected chi connectivity index (χ4v) is 6.62. The molecule has 45 heavy (non-hydrogen) atoms. The number of unbranched alkanes of at least 4 members (excludes halogenated alkanes) is 13. The maximum atomic E-state index is 13.7. The molecule has 0 spiro atoms. The van der Waals surface area contributed by atoms with Crippen LogP contribution >= 0.6 is 19.6 Å². The Hall–Kier alpha value is -1.71. The van der Waals surface area contributed by atoms with E-state index in [0.717, 1.165) is 54.6 Å². The third kappa shape index (κ3) is 16.1. The molecule has 1 fully saturated rings. The molecule has 260 valence electrons. The number of carbonyl (C=O) groups excluding carboxylic acids is 1. The zero-order chi connectivity index (χ0) is 33.3. The molecule has 1 aliphatic heterocycles. The first-order valence-corrected chi connectivity index (χ1v) is 18.2. The van der Waals surface area contributed by atoms with Gasteiger partial charge in [-0.2, -0.15) is 18.2 Å². The number of halogens is 4. The summed E-state index contributed by atoms with van der Waals surface area (Å²) in [5.41, 5.74) is 3.58. The van der Waals surface area contributed by atoms with Gasteiger partial charge in [0.05, 0.1) is 25.5 Å². The number of carbonyl (C=O) groups is 1. The molecule has 2 unspecified atom stereocenters. The fraction of sp³-hybridized carbons (Fsp3) is 0.821. The highest BCUT2D eigenvalue weighted by Gasteiger charge is 2.40. The zero-order valence-electron chi connectivity index (χ0n) is 25.8. The van der Waals surface area contributed by atoms with Gasteiger partial charge in [-0.25, -0.2) is 13.8 Å². The number of nitrogens with zero attached hydrogens (tertiary/aromatic N) is 2. The van der Waals surface area contributed by atoms with Gasteiger partial charge >= 0.3 is 25.6 Å². The van der Waals surface area contributed by atoms with Crippen molar-refractivity contribution in [1.82, 2.24) is 14.9 Å². The number of nitrogens with two attached hydrogens (primary N) is 1. The summed E-state index contributed by atoms with van der Waals surface area (Å²) in [7, 11) is -4.76. The lowest BCUT2D eigenvalue weighted by Gasteiger charge is -2.21. The lowest BCUT2D eigenvalue weighted by atomic mass is 10.0. The van der Waals surface area contributed by atoms with E-state index < -0.39 is 68.2 Å². The van der Waals surface area contributed by atoms with E-state index >= 15 is 0 Å². The molecule has 0 bridgehead atoms. The van der Waals surface area contributed by atoms with Crippen LogP contribution in [-0.2, 0) is 23.1 Å². The molecule has 2 rings (SSSR count). The SMILES string of the molecule is CCCCCCCCCCCCCCCC[C@H](COP(=O)(O)OC[C@@H]1OC(n2cc(F)c(N)nc2=O)CS1)NC(=O)C(F)(F)F. The van der Waals surface area contributed by atoms with Crippen LogP contribution in [0.5, 0.6) is 0 Å². The Labute approximate surface area is 266 Å². The summed E-state index contributed by atoms with van der Waals surface area (Å²) in [6.07, 6.45) is 10.4. The normalized spacial score (nSPS) is 19.0. The lowest BCUT2D eigenvalue weighted by molar-refractivity contribution is -0.174. The van der Waals surface area contributed by atoms with Crippen molar-refractivity contribution >= 4 is 31.3 Å². The molecule has 0 saturated carbocycles. The molecule has 0 aliphatic carbocycles. The van der Waals surface area contributed by atoms with E-state index in [1.165, 1.54) is 51.4 Å². The van der Waals surface area contributed by atoms with Crippen molar-refractivity contribution in [2.45, 2.75) is 127 Å². The van der Waals surface area contributed by atoms with Crippen LogP contribution in [-0.4, -0.2) is 57.0 Å². The molecule has 1 aromatic rings. The van der Waals surface area contributed by atoms with Crippen LogP contribution in [0.25, 0.3) is 0 Å². The summed E-state index contributed by atoms with van der Waals surface area (Å²) in [4.78, 5) is 37.0. The number of rotatable bonds is 23. The van der Waals surface area contributed by atoms with Crippen molar-refractivity contribution in [2.75, 3.05) is 24.7 Å². The van der Waals surface area contributed by atoms with Crippen molar-refractivity contribution in [3.8, 4) is 0 Å². The van der Waals surface area contributed by atoms with Crippen molar-refractivity contribution in [1.29, 1.82) is 0 Å². The molecule has 17 heteroatoms. The van der Waals surface area contributed by atoms with E-state index in [4.69, 9.17) is 19.5 Å². The van der Waals surface area contributed by atoms with E-state index in [2.05, 4.69) is 11.9 Å². The minimum Gasteiger partial charge on any atom is -0.381 e. The molecular formula is C28H47F4N4O7PS. The van der Waals surface area contributed by atoms with Crippen LogP contribution in [0.3, 0.4) is 0 Å². The molecule has 0 aromatic carbocycles. The first kappa shape index (κ1) is 39.5. The Kier molecular flexibility index (Phi) is 18.0. The highest BCUT2D eigenvalue weighted by atomic mass is 32.2. The van der Waals surface area contributed by atoms with E-state index in [0.29, 0.717) is 6.42 Å². The third-order valence-corrected chi connectivity index (χ3v) is 9.34. The predicted octanol–water partition coefficient (Wildman–Crippen LogP) is 6.60. The van der Waals surface area contributed by atoms with Crippen LogP contribution < -0.4 is 16.7 Å². The Bertz CT molecular complexity index is 1130. The molecule has 11 nitrogen and oxygen atoms in total. The quantitative estimate of drug-likeness (QED) is 0.0650. The molecule has 1 amide bonds. The molecule has 4 atom stereocenters. The number of hydrogen-bond donors (Lipinski definition) is 3. The molecule has 1 aromatic heterocycles. The number of nitrogen functional groups attached to an aromatic ring is 1. The maximum Gasteiger partial charge on any atom is 0.472 e. The van der Waals surface area contributed by atoms with Crippen LogP contribution in [0.2, 0.25) is 0 Å². The van der Waals surface area contributed by atoms with Gasteiger partial charge in [0.1, 0.15) is 11.7 Å². The Balaban J connectivity index is 1.70. The predicted molar refractivity (Wildman–Crippen MR) is 164 cm³/mol. The Morgan fingerprint density at radius 1 is 1.11 bits per heavy atom. The number of anilines is 1. The molecule has 4 N–H and O–H groups in total. The maximum absolute atomic E-state index is 13.7. The van der Waals surface area contributed by atoms with Crippen LogP contribution in [0.15, 0.2) is 11.0 Å². The van der Waals surface area contributed by atoms with E-state index in [9.17, 15) is 36.6 Å². The molecule has 0 radical (unpaired) electrons. The number of thioether (sulfide) groups is 1. The molecule has 2 heterocycles. The molecule has 1 aliphatic rings. The highest BCUT2D eigenvalue weighted by Crippen LogP contribution is 2.45. The van der Waals surface area contributed by atoms with Crippen LogP contribution in [0, 0.1) is 5.82 Å². The minimum atomic E-state index is -5.12. The fourth-order valence-electron chi connectivity index (χ4n) is 4.77. The number of amides is 1. The monoisotopic (exact) mass is 690 g/mol. The van der Waals surface area contributed by atoms with Gasteiger partial charge in [0, 0.05) is 5.75 Å². The first-order valence-electron chi connectivity index (χ1n) is 15.6. The first-order chi connectivity index (χ1) is 21.3. The van der Waals surface area contributed by atoms with Crippen molar-refractivity contribution in [3.63, 3.8) is 0 Å². The summed E-state index contributed by atoms with van der Waals surface area (Å²) in [6, 6.07) is -1.16. The van der Waals surface area contributed by atoms with Gasteiger partial charge in [-0.05, 0) is 6.42 Å². The number of ether oxygens (including phenoxy) is 1. The van der Waals surface area contributed by atoms with Gasteiger partial charge < -0.3 is 20.7 Å². The Morgan fingerprint density at radius 2 is 1.67 bits per heavy atom. The van der Waals surface area contributed by atoms with Gasteiger partial charge in [0.25, 0.3) is 0 Å². The van der Waals surface area contributed by atoms with Gasteiger partial charge in [0.2, 0.25) is 0 Å². The summed E-state index contributed by atoms with van der Waals surface area (Å²) in [6.45, 7) is 1.05. The lowest BCUT2D eigenvalue weighted by Crippen LogP contribution is -2.45. The van der Waals surface area contributed by atoms with Gasteiger partial charge in [-0.15, -0.1) is 11.8 Å². The number of aromatic nitrogens is 2. The summed E-state index contributed by atoms with van der Waals surface area (Å²) in [5, 5.41) is 1.83. The number of alkyl halides is 3. The zero-order valence-corrected chi connectivity index (χ0v) is 27.5. The average Bonchev–Trinajstić information content (AvgIpc) is 3.45. The van der Waals surface area contributed by atoms with E-state index in [-0.39, 0.29) is 12.2 Å². The second-order valence-electron chi connectivity index (χ2n) is 11.1. The van der Waals surface area contributed by atoms with E-state index in [1.807, 2.05) is 5.32 Å². The van der Waals surface area contributed by atoms with Crippen molar-refractivity contribution in [2.24, 2.45) is 0 Å². The molecular weight excluding hydrogens is 643 g/mol. The molecule has 1 saturated heterocycles. The largest absolute Gasteiger partial charge is 0.472 e. The minimum absolute atomic E-state index is 0.115. The van der Waals surface area contributed by atoms with Crippen molar-refractivity contribution < 1.29 is 45.6 Å². The third-order valence-electron chi connectivity index (χ3n) is 7.29. The van der Waals surface area contributed by atoms with Crippen molar-refractivity contribution in [3.05, 3.63) is 22.5 Å². The second kappa shape index (κ2) is 20.5. The number of nitrogens with one attached hydrogen (secondary N) is 1. The van der Waals surface area contributed by atoms with Crippen LogP contribution in [0.4, 0.5) is 23.4 Å². The summed E-state index contributed by atoms with van der Waals surface area (Å²) < 4.78 is 81.0. The van der Waals surface area contributed by atoms with Crippen LogP contribution in [0.1, 0.15) is 109 Å². The van der Waals surface area contributed by atoms with Gasteiger partial charge in [-0.3, -0.25) is 18.4 Å². The average molecular weight is 691 g/mol. The number of hydrogen-bond acceptors (Lipinski definition) is 9. The topological polar surface area (TPSA) is 155 Å². The van der Waals surface area contributed by atoms with Gasteiger partial charge in [-0.1, -0.05) is 96.8 Å². The summed E-state index contributed by atoms with van der Waals surface area (Å²) >= 11 is 1.11. The smallest absolute Gasteiger partial charge is 0.381 e. The second-order valence-corrected chi connectivity index (χ2v) is 13.8. The Morgan fingerprint density at radius 3 is 2.22 bits per heavy atom. The highest BCUT2D eigenvalue weighted by molar-refractivity contribution is 8.00. The number of phosphoric ester groups is 1. The van der Waals surface area contributed by atoms with E-state index in [1.54, 1.807) is 0 Å². The van der Waals surface area contributed by atoms with Gasteiger partial charge in [0.15, 0.2) is 11.6 Å². The summed E-state index contributed by atoms with van der Waals surface area (Å²) in [5.74, 6) is -3.48. The standard InChI is InChI=1S/C28H47F4N4O7PS/c1-2-3-4-5-6-7-8-9-10-11-12-13-14-15-16-21(34-26(37)28(30,31)32)18-41-44(39,40)42-19-24-43-23(20-45-24)36-17-22(29)25(33)35-27(36)38/h17,21,23-24H,2-16,18-20H2,1H3,(H,34,37)(H,39,40)(H2,33,35,38)/t21-,23?,24-/m1/s1. The number of phosphoric acid groups is 1.